The smallest absolute Gasteiger partial charge is 0.256 e. The molecular weight excluding hydrogens is 354 g/mol. The number of amides is 1. The van der Waals surface area contributed by atoms with Gasteiger partial charge in [0.2, 0.25) is 0 Å². The molecule has 0 aliphatic rings. The maximum atomic E-state index is 12.7. The Bertz CT molecular complexity index is 1050. The molecule has 5 heteroatoms. The van der Waals surface area contributed by atoms with E-state index in [4.69, 9.17) is 0 Å². The highest BCUT2D eigenvalue weighted by molar-refractivity contribution is 7.98. The van der Waals surface area contributed by atoms with Gasteiger partial charge in [0, 0.05) is 28.7 Å². The molecular formula is C22H19N3OS. The number of nitrogens with zero attached hydrogens (tertiary/aromatic N) is 2. The minimum atomic E-state index is -0.100. The van der Waals surface area contributed by atoms with E-state index in [1.54, 1.807) is 11.8 Å². The predicted octanol–water partition coefficient (Wildman–Crippen LogP) is 5.19. The van der Waals surface area contributed by atoms with Crippen LogP contribution in [-0.2, 0) is 5.75 Å². The molecule has 0 bridgehead atoms. The molecule has 0 saturated carbocycles. The molecule has 0 unspecified atom stereocenters. The van der Waals surface area contributed by atoms with Crippen LogP contribution in [0.25, 0.3) is 5.65 Å². The van der Waals surface area contributed by atoms with Gasteiger partial charge in [0.1, 0.15) is 5.65 Å². The summed E-state index contributed by atoms with van der Waals surface area (Å²) in [5.74, 6) is 0.605. The van der Waals surface area contributed by atoms with E-state index in [0.717, 1.165) is 27.5 Å². The number of anilines is 1. The largest absolute Gasteiger partial charge is 0.322 e. The molecule has 0 radical (unpaired) electrons. The number of hydrogen-bond donors (Lipinski definition) is 1. The van der Waals surface area contributed by atoms with E-state index in [2.05, 4.69) is 10.3 Å². The average Bonchev–Trinajstić information content (AvgIpc) is 3.11. The minimum Gasteiger partial charge on any atom is -0.322 e. The summed E-state index contributed by atoms with van der Waals surface area (Å²) < 4.78 is 2.01. The molecule has 0 spiro atoms. The van der Waals surface area contributed by atoms with E-state index in [9.17, 15) is 4.79 Å². The van der Waals surface area contributed by atoms with Crippen LogP contribution < -0.4 is 5.32 Å². The van der Waals surface area contributed by atoms with Crippen molar-refractivity contribution in [3.8, 4) is 0 Å². The topological polar surface area (TPSA) is 46.4 Å². The molecule has 27 heavy (non-hydrogen) atoms. The zero-order valence-corrected chi connectivity index (χ0v) is 15.7. The second-order valence-electron chi connectivity index (χ2n) is 6.30. The number of carbonyl (C=O) groups excluding carboxylic acids is 1. The van der Waals surface area contributed by atoms with Gasteiger partial charge in [-0.05, 0) is 43.3 Å². The third-order valence-electron chi connectivity index (χ3n) is 4.23. The molecule has 2 aromatic heterocycles. The number of imidazole rings is 1. The number of thioether (sulfide) groups is 1. The highest BCUT2D eigenvalue weighted by Gasteiger charge is 2.12. The van der Waals surface area contributed by atoms with Crippen molar-refractivity contribution in [1.29, 1.82) is 0 Å². The highest BCUT2D eigenvalue weighted by atomic mass is 32.2. The molecule has 0 aliphatic carbocycles. The second kappa shape index (κ2) is 7.68. The third-order valence-corrected chi connectivity index (χ3v) is 5.34. The number of hydrogen-bond acceptors (Lipinski definition) is 3. The first-order valence-electron chi connectivity index (χ1n) is 8.71. The molecule has 4 nitrogen and oxygen atoms in total. The Hall–Kier alpha value is -3.05. The van der Waals surface area contributed by atoms with Gasteiger partial charge in [0.05, 0.1) is 11.3 Å². The zero-order chi connectivity index (χ0) is 18.6. The van der Waals surface area contributed by atoms with Crippen LogP contribution in [0.4, 0.5) is 5.69 Å². The fourth-order valence-electron chi connectivity index (χ4n) is 2.82. The van der Waals surface area contributed by atoms with Crippen molar-refractivity contribution in [1.82, 2.24) is 9.38 Å². The molecule has 2 heterocycles. The minimum absolute atomic E-state index is 0.100. The lowest BCUT2D eigenvalue weighted by atomic mass is 10.2. The van der Waals surface area contributed by atoms with Gasteiger partial charge < -0.3 is 9.72 Å². The Morgan fingerprint density at radius 1 is 1.04 bits per heavy atom. The summed E-state index contributed by atoms with van der Waals surface area (Å²) in [5, 5.41) is 2.97. The van der Waals surface area contributed by atoms with Crippen LogP contribution in [0.5, 0.6) is 0 Å². The Morgan fingerprint density at radius 3 is 2.63 bits per heavy atom. The molecule has 4 rings (SSSR count). The molecule has 4 aromatic rings. The quantitative estimate of drug-likeness (QED) is 0.490. The van der Waals surface area contributed by atoms with Gasteiger partial charge in [-0.3, -0.25) is 4.79 Å². The van der Waals surface area contributed by atoms with Gasteiger partial charge in [-0.1, -0.05) is 35.9 Å². The van der Waals surface area contributed by atoms with Gasteiger partial charge in [-0.15, -0.1) is 11.8 Å². The summed E-state index contributed by atoms with van der Waals surface area (Å²) >= 11 is 1.62. The van der Waals surface area contributed by atoms with Gasteiger partial charge >= 0.3 is 0 Å². The number of carbonyl (C=O) groups is 1. The van der Waals surface area contributed by atoms with E-state index < -0.39 is 0 Å². The van der Waals surface area contributed by atoms with Crippen LogP contribution in [0.15, 0.2) is 84.0 Å². The van der Waals surface area contributed by atoms with Crippen LogP contribution in [0.2, 0.25) is 0 Å². The van der Waals surface area contributed by atoms with Crippen molar-refractivity contribution in [3.63, 3.8) is 0 Å². The van der Waals surface area contributed by atoms with Crippen molar-refractivity contribution >= 4 is 29.0 Å². The highest BCUT2D eigenvalue weighted by Crippen LogP contribution is 2.27. The van der Waals surface area contributed by atoms with E-state index in [1.165, 1.54) is 0 Å². The first-order chi connectivity index (χ1) is 13.2. The Labute approximate surface area is 162 Å². The molecule has 134 valence electrons. The number of nitrogens with one attached hydrogen (secondary N) is 1. The number of fused-ring (bicyclic) bond motifs is 1. The van der Waals surface area contributed by atoms with Crippen molar-refractivity contribution in [2.45, 2.75) is 17.6 Å². The number of pyridine rings is 1. The van der Waals surface area contributed by atoms with E-state index in [0.29, 0.717) is 11.3 Å². The van der Waals surface area contributed by atoms with Crippen LogP contribution in [0.3, 0.4) is 0 Å². The Kier molecular flexibility index (Phi) is 4.94. The van der Waals surface area contributed by atoms with Crippen molar-refractivity contribution < 1.29 is 4.79 Å². The molecule has 0 saturated heterocycles. The van der Waals surface area contributed by atoms with E-state index in [-0.39, 0.29) is 5.91 Å². The van der Waals surface area contributed by atoms with E-state index >= 15 is 0 Å². The third kappa shape index (κ3) is 4.04. The Balaban J connectivity index is 1.50. The summed E-state index contributed by atoms with van der Waals surface area (Å²) in [5.41, 5.74) is 4.55. The standard InChI is InChI=1S/C22H19N3OS/c1-16-9-11-17(12-10-16)24-22(26)19-6-2-3-7-20(19)27-15-18-14-25-13-5-4-8-21(25)23-18/h2-14H,15H2,1H3,(H,24,26). The summed E-state index contributed by atoms with van der Waals surface area (Å²) in [6.45, 7) is 2.02. The van der Waals surface area contributed by atoms with Gasteiger partial charge in [0.25, 0.3) is 5.91 Å². The average molecular weight is 373 g/mol. The molecule has 2 aromatic carbocycles. The van der Waals surface area contributed by atoms with Crippen LogP contribution >= 0.6 is 11.8 Å². The van der Waals surface area contributed by atoms with Crippen molar-refractivity contribution in [3.05, 3.63) is 95.9 Å². The first kappa shape index (κ1) is 17.4. The van der Waals surface area contributed by atoms with Gasteiger partial charge in [-0.25, -0.2) is 4.98 Å². The number of aryl methyl sites for hydroxylation is 1. The van der Waals surface area contributed by atoms with Crippen LogP contribution in [-0.4, -0.2) is 15.3 Å². The maximum Gasteiger partial charge on any atom is 0.256 e. The summed E-state index contributed by atoms with van der Waals surface area (Å²) in [7, 11) is 0. The predicted molar refractivity (Wildman–Crippen MR) is 110 cm³/mol. The Morgan fingerprint density at radius 2 is 1.81 bits per heavy atom. The normalized spacial score (nSPS) is 10.9. The summed E-state index contributed by atoms with van der Waals surface area (Å²) in [6.07, 6.45) is 4.01. The van der Waals surface area contributed by atoms with Crippen LogP contribution in [0, 0.1) is 6.92 Å². The zero-order valence-electron chi connectivity index (χ0n) is 14.9. The summed E-state index contributed by atoms with van der Waals surface area (Å²) in [4.78, 5) is 18.3. The second-order valence-corrected chi connectivity index (χ2v) is 7.32. The summed E-state index contributed by atoms with van der Waals surface area (Å²) in [6, 6.07) is 21.4. The van der Waals surface area contributed by atoms with E-state index in [1.807, 2.05) is 90.4 Å². The fourth-order valence-corrected chi connectivity index (χ4v) is 3.76. The number of benzene rings is 2. The monoisotopic (exact) mass is 373 g/mol. The molecule has 0 atom stereocenters. The lowest BCUT2D eigenvalue weighted by Crippen LogP contribution is -2.12. The maximum absolute atomic E-state index is 12.7. The van der Waals surface area contributed by atoms with Gasteiger partial charge in [-0.2, -0.15) is 0 Å². The first-order valence-corrected chi connectivity index (χ1v) is 9.70. The molecule has 0 fully saturated rings. The van der Waals surface area contributed by atoms with Crippen molar-refractivity contribution in [2.24, 2.45) is 0 Å². The van der Waals surface area contributed by atoms with Gasteiger partial charge in [0.15, 0.2) is 0 Å². The fraction of sp³-hybridized carbons (Fsp3) is 0.0909. The SMILES string of the molecule is Cc1ccc(NC(=O)c2ccccc2SCc2cn3ccccc3n2)cc1. The van der Waals surface area contributed by atoms with Crippen molar-refractivity contribution in [2.75, 3.05) is 5.32 Å². The molecule has 1 N–H and O–H groups in total. The lowest BCUT2D eigenvalue weighted by molar-refractivity contribution is 0.102. The lowest BCUT2D eigenvalue weighted by Gasteiger charge is -2.09. The molecule has 1 amide bonds. The number of rotatable bonds is 5. The molecule has 0 aliphatic heterocycles. The van der Waals surface area contributed by atoms with Crippen LogP contribution in [0.1, 0.15) is 21.6 Å². The number of aromatic nitrogens is 2.